The van der Waals surface area contributed by atoms with Crippen molar-refractivity contribution in [2.24, 2.45) is 0 Å². The lowest BCUT2D eigenvalue weighted by Crippen LogP contribution is -2.35. The number of hydrogen-bond acceptors (Lipinski definition) is 5. The fourth-order valence-electron chi connectivity index (χ4n) is 3.62. The van der Waals surface area contributed by atoms with Crippen LogP contribution in [-0.2, 0) is 17.7 Å². The molecule has 0 amide bonds. The van der Waals surface area contributed by atoms with Gasteiger partial charge in [0, 0.05) is 38.0 Å². The van der Waals surface area contributed by atoms with Crippen molar-refractivity contribution in [3.05, 3.63) is 47.2 Å². The van der Waals surface area contributed by atoms with Gasteiger partial charge in [0.25, 0.3) is 0 Å². The van der Waals surface area contributed by atoms with Crippen LogP contribution < -0.4 is 15.5 Å². The number of rotatable bonds is 4. The van der Waals surface area contributed by atoms with E-state index < -0.39 is 0 Å². The fourth-order valence-corrected chi connectivity index (χ4v) is 3.79. The smallest absolute Gasteiger partial charge is 0.231 e. The summed E-state index contributed by atoms with van der Waals surface area (Å²) in [6.07, 6.45) is 3.48. The summed E-state index contributed by atoms with van der Waals surface area (Å²) in [4.78, 5) is 11.5. The van der Waals surface area contributed by atoms with Gasteiger partial charge in [0.05, 0.1) is 6.10 Å². The maximum atomic E-state index is 5.61. The van der Waals surface area contributed by atoms with Gasteiger partial charge < -0.3 is 20.3 Å². The van der Waals surface area contributed by atoms with Gasteiger partial charge in [-0.1, -0.05) is 24.3 Å². The van der Waals surface area contributed by atoms with Gasteiger partial charge in [0.2, 0.25) is 5.95 Å². The molecule has 6 nitrogen and oxygen atoms in total. The zero-order valence-corrected chi connectivity index (χ0v) is 16.4. The Balaban J connectivity index is 1.41. The second-order valence-corrected chi connectivity index (χ2v) is 7.51. The Bertz CT molecular complexity index is 822. The Morgan fingerprint density at radius 1 is 1.30 bits per heavy atom. The van der Waals surface area contributed by atoms with E-state index >= 15 is 0 Å². The molecule has 2 N–H and O–H groups in total. The minimum absolute atomic E-state index is 0.243. The van der Waals surface area contributed by atoms with Crippen LogP contribution in [0.3, 0.4) is 0 Å². The van der Waals surface area contributed by atoms with Crippen molar-refractivity contribution >= 4 is 29.1 Å². The molecule has 1 aromatic heterocycles. The van der Waals surface area contributed by atoms with Crippen LogP contribution in [0.15, 0.2) is 30.3 Å². The quantitative estimate of drug-likeness (QED) is 0.787. The van der Waals surface area contributed by atoms with E-state index in [2.05, 4.69) is 44.8 Å². The third-order valence-electron chi connectivity index (χ3n) is 5.03. The summed E-state index contributed by atoms with van der Waals surface area (Å²) >= 11 is 5.39. The molecule has 142 valence electrons. The monoisotopic (exact) mass is 383 g/mol. The summed E-state index contributed by atoms with van der Waals surface area (Å²) in [6.45, 7) is 5.36. The standard InChI is InChI=1S/C20H25N5OS/c1-14-11-18(25-9-8-15-5-2-3-6-16(15)13-25)23-19(22-14)24-20(27)21-12-17-7-4-10-26-17/h2-3,5-6,11,17H,4,7-10,12-13H2,1H3,(H2,21,22,23,24,27)/t17-/m0/s1. The Hall–Kier alpha value is -2.25. The molecule has 0 bridgehead atoms. The first-order chi connectivity index (χ1) is 13.2. The molecule has 0 saturated carbocycles. The van der Waals surface area contributed by atoms with E-state index in [1.807, 2.05) is 13.0 Å². The van der Waals surface area contributed by atoms with E-state index in [1.54, 1.807) is 0 Å². The van der Waals surface area contributed by atoms with Crippen LogP contribution in [0.4, 0.5) is 11.8 Å². The molecule has 2 aromatic rings. The van der Waals surface area contributed by atoms with Gasteiger partial charge in [-0.15, -0.1) is 0 Å². The van der Waals surface area contributed by atoms with Crippen LogP contribution in [0.25, 0.3) is 0 Å². The van der Waals surface area contributed by atoms with Crippen LogP contribution in [0.5, 0.6) is 0 Å². The summed E-state index contributed by atoms with van der Waals surface area (Å²) < 4.78 is 5.61. The minimum atomic E-state index is 0.243. The molecule has 27 heavy (non-hydrogen) atoms. The predicted molar refractivity (Wildman–Crippen MR) is 111 cm³/mol. The number of anilines is 2. The van der Waals surface area contributed by atoms with Crippen molar-refractivity contribution in [1.82, 2.24) is 15.3 Å². The first-order valence-electron chi connectivity index (χ1n) is 9.51. The molecule has 1 saturated heterocycles. The van der Waals surface area contributed by atoms with E-state index in [4.69, 9.17) is 21.9 Å². The van der Waals surface area contributed by atoms with Gasteiger partial charge in [0.15, 0.2) is 5.11 Å². The second-order valence-electron chi connectivity index (χ2n) is 7.10. The highest BCUT2D eigenvalue weighted by Crippen LogP contribution is 2.24. The Kier molecular flexibility index (Phi) is 5.50. The molecule has 2 aliphatic heterocycles. The van der Waals surface area contributed by atoms with Crippen LogP contribution in [0.2, 0.25) is 0 Å². The zero-order chi connectivity index (χ0) is 18.6. The first-order valence-corrected chi connectivity index (χ1v) is 9.92. The summed E-state index contributed by atoms with van der Waals surface area (Å²) in [5.41, 5.74) is 3.71. The summed E-state index contributed by atoms with van der Waals surface area (Å²) in [5.74, 6) is 1.47. The molecule has 2 aliphatic rings. The van der Waals surface area contributed by atoms with Crippen LogP contribution in [0, 0.1) is 6.92 Å². The molecule has 1 aromatic carbocycles. The van der Waals surface area contributed by atoms with Crippen molar-refractivity contribution in [1.29, 1.82) is 0 Å². The number of aryl methyl sites for hydroxylation is 1. The largest absolute Gasteiger partial charge is 0.376 e. The lowest BCUT2D eigenvalue weighted by molar-refractivity contribution is 0.114. The fraction of sp³-hybridized carbons (Fsp3) is 0.450. The average Bonchev–Trinajstić information content (AvgIpc) is 3.19. The Morgan fingerprint density at radius 3 is 2.96 bits per heavy atom. The predicted octanol–water partition coefficient (Wildman–Crippen LogP) is 2.81. The normalized spacial score (nSPS) is 18.9. The number of aromatic nitrogens is 2. The van der Waals surface area contributed by atoms with Gasteiger partial charge in [-0.05, 0) is 49.5 Å². The maximum absolute atomic E-state index is 5.61. The summed E-state index contributed by atoms with van der Waals surface area (Å²) in [5, 5.41) is 6.86. The maximum Gasteiger partial charge on any atom is 0.231 e. The van der Waals surface area contributed by atoms with E-state index in [-0.39, 0.29) is 6.10 Å². The van der Waals surface area contributed by atoms with E-state index in [9.17, 15) is 0 Å². The zero-order valence-electron chi connectivity index (χ0n) is 15.6. The van der Waals surface area contributed by atoms with Crippen molar-refractivity contribution in [3.63, 3.8) is 0 Å². The average molecular weight is 384 g/mol. The van der Waals surface area contributed by atoms with Gasteiger partial charge in [-0.2, -0.15) is 4.98 Å². The van der Waals surface area contributed by atoms with Crippen molar-refractivity contribution in [2.75, 3.05) is 29.9 Å². The molecule has 0 radical (unpaired) electrons. The van der Waals surface area contributed by atoms with Gasteiger partial charge in [-0.3, -0.25) is 0 Å². The van der Waals surface area contributed by atoms with Crippen molar-refractivity contribution in [3.8, 4) is 0 Å². The summed E-state index contributed by atoms with van der Waals surface area (Å²) in [6, 6.07) is 10.6. The number of nitrogens with one attached hydrogen (secondary N) is 2. The number of hydrogen-bond donors (Lipinski definition) is 2. The molecular formula is C20H25N5OS. The number of benzene rings is 1. The van der Waals surface area contributed by atoms with Gasteiger partial charge >= 0.3 is 0 Å². The number of ether oxygens (including phenoxy) is 1. The second kappa shape index (κ2) is 8.19. The van der Waals surface area contributed by atoms with Crippen molar-refractivity contribution in [2.45, 2.75) is 38.8 Å². The third-order valence-corrected chi connectivity index (χ3v) is 5.28. The molecule has 1 atom stereocenters. The lowest BCUT2D eigenvalue weighted by atomic mass is 10.00. The van der Waals surface area contributed by atoms with Crippen LogP contribution in [0.1, 0.15) is 29.7 Å². The first kappa shape index (κ1) is 18.1. The SMILES string of the molecule is Cc1cc(N2CCc3ccccc3C2)nc(NC(=S)NC[C@@H]2CCCO2)n1. The number of nitrogens with zero attached hydrogens (tertiary/aromatic N) is 3. The molecule has 0 aliphatic carbocycles. The molecule has 0 spiro atoms. The van der Waals surface area contributed by atoms with Crippen LogP contribution in [-0.4, -0.2) is 40.9 Å². The minimum Gasteiger partial charge on any atom is -0.376 e. The summed E-state index contributed by atoms with van der Waals surface area (Å²) in [7, 11) is 0. The lowest BCUT2D eigenvalue weighted by Gasteiger charge is -2.30. The highest BCUT2D eigenvalue weighted by atomic mass is 32.1. The topological polar surface area (TPSA) is 62.3 Å². The Morgan fingerprint density at radius 2 is 2.15 bits per heavy atom. The molecular weight excluding hydrogens is 358 g/mol. The van der Waals surface area contributed by atoms with E-state index in [0.717, 1.165) is 50.5 Å². The highest BCUT2D eigenvalue weighted by Gasteiger charge is 2.19. The van der Waals surface area contributed by atoms with Crippen molar-refractivity contribution < 1.29 is 4.74 Å². The Labute approximate surface area is 165 Å². The number of fused-ring (bicyclic) bond motifs is 1. The molecule has 4 rings (SSSR count). The molecule has 7 heteroatoms. The molecule has 0 unspecified atom stereocenters. The van der Waals surface area contributed by atoms with E-state index in [1.165, 1.54) is 11.1 Å². The molecule has 3 heterocycles. The van der Waals surface area contributed by atoms with Crippen LogP contribution >= 0.6 is 12.2 Å². The van der Waals surface area contributed by atoms with Gasteiger partial charge in [0.1, 0.15) is 5.82 Å². The third kappa shape index (κ3) is 4.54. The van der Waals surface area contributed by atoms with E-state index in [0.29, 0.717) is 17.6 Å². The number of thiocarbonyl (C=S) groups is 1. The molecule has 1 fully saturated rings. The van der Waals surface area contributed by atoms with Gasteiger partial charge in [-0.25, -0.2) is 4.98 Å². The highest BCUT2D eigenvalue weighted by molar-refractivity contribution is 7.80.